The van der Waals surface area contributed by atoms with Gasteiger partial charge in [0, 0.05) is 45.9 Å². The van der Waals surface area contributed by atoms with Crippen molar-refractivity contribution in [2.45, 2.75) is 52.4 Å². The molecule has 0 saturated heterocycles. The summed E-state index contributed by atoms with van der Waals surface area (Å²) in [5, 5.41) is 2.31. The molecule has 44 heavy (non-hydrogen) atoms. The predicted molar refractivity (Wildman–Crippen MR) is 184 cm³/mol. The quantitative estimate of drug-likeness (QED) is 0.207. The standard InChI is InChI=1S/C39H40N4O/c1-38(2,3)26-20-21-40-36(22-26)43-35-24-29(18-19-30(35)31-14-11-15-32(37(31)43)39(4,5)6)44-28-13-10-12-27(23-28)42-25-41(7)33-16-8-9-17-34(33)42/h8-24H,25H2,1-7H3/i7D3. The van der Waals surface area contributed by atoms with Crippen LogP contribution in [-0.4, -0.2) is 23.2 Å². The van der Waals surface area contributed by atoms with Crippen LogP contribution in [0.5, 0.6) is 11.5 Å². The van der Waals surface area contributed by atoms with E-state index in [0.717, 1.165) is 33.6 Å². The van der Waals surface area contributed by atoms with Crippen molar-refractivity contribution < 1.29 is 8.85 Å². The van der Waals surface area contributed by atoms with Crippen LogP contribution in [0.15, 0.2) is 103 Å². The summed E-state index contributed by atoms with van der Waals surface area (Å²) in [4.78, 5) is 8.37. The summed E-state index contributed by atoms with van der Waals surface area (Å²) < 4.78 is 33.1. The maximum absolute atomic E-state index is 8.08. The van der Waals surface area contributed by atoms with Crippen LogP contribution in [0.2, 0.25) is 0 Å². The third-order valence-electron chi connectivity index (χ3n) is 8.52. The van der Waals surface area contributed by atoms with Gasteiger partial charge in [-0.1, -0.05) is 77.9 Å². The van der Waals surface area contributed by atoms with Crippen LogP contribution in [0.25, 0.3) is 27.6 Å². The first kappa shape index (κ1) is 24.6. The number of para-hydroxylation sites is 3. The topological polar surface area (TPSA) is 33.5 Å². The molecule has 0 atom stereocenters. The van der Waals surface area contributed by atoms with Gasteiger partial charge in [-0.25, -0.2) is 4.98 Å². The number of hydrogen-bond acceptors (Lipinski definition) is 4. The molecule has 0 amide bonds. The van der Waals surface area contributed by atoms with Gasteiger partial charge >= 0.3 is 0 Å². The van der Waals surface area contributed by atoms with Crippen molar-refractivity contribution in [1.29, 1.82) is 0 Å². The minimum Gasteiger partial charge on any atom is -0.457 e. The zero-order valence-corrected chi connectivity index (χ0v) is 26.2. The van der Waals surface area contributed by atoms with Gasteiger partial charge in [-0.15, -0.1) is 0 Å². The van der Waals surface area contributed by atoms with Gasteiger partial charge in [-0.2, -0.15) is 0 Å². The summed E-state index contributed by atoms with van der Waals surface area (Å²) in [6, 6.07) is 32.5. The van der Waals surface area contributed by atoms with E-state index in [-0.39, 0.29) is 17.5 Å². The van der Waals surface area contributed by atoms with E-state index in [0.29, 0.717) is 17.2 Å². The highest BCUT2D eigenvalue weighted by atomic mass is 16.5. The summed E-state index contributed by atoms with van der Waals surface area (Å²) in [7, 11) is 0. The summed E-state index contributed by atoms with van der Waals surface area (Å²) in [5.74, 6) is 2.24. The Morgan fingerprint density at radius 3 is 2.27 bits per heavy atom. The molecule has 4 aromatic carbocycles. The second kappa shape index (κ2) is 10.2. The number of rotatable bonds is 4. The molecule has 3 heterocycles. The fraction of sp³-hybridized carbons (Fsp3) is 0.256. The van der Waals surface area contributed by atoms with Crippen LogP contribution in [0.1, 0.15) is 56.8 Å². The zero-order chi connectivity index (χ0) is 33.3. The Labute approximate surface area is 264 Å². The minimum atomic E-state index is -2.25. The highest BCUT2D eigenvalue weighted by Crippen LogP contribution is 2.42. The van der Waals surface area contributed by atoms with E-state index in [1.165, 1.54) is 21.4 Å². The highest BCUT2D eigenvalue weighted by Gasteiger charge is 2.26. The lowest BCUT2D eigenvalue weighted by Gasteiger charge is -2.23. The zero-order valence-electron chi connectivity index (χ0n) is 29.2. The van der Waals surface area contributed by atoms with Crippen LogP contribution in [0.3, 0.4) is 0 Å². The minimum absolute atomic E-state index is 0.0288. The van der Waals surface area contributed by atoms with Gasteiger partial charge in [0.2, 0.25) is 0 Å². The van der Waals surface area contributed by atoms with Crippen molar-refractivity contribution >= 4 is 38.9 Å². The van der Waals surface area contributed by atoms with Gasteiger partial charge in [0.25, 0.3) is 0 Å². The maximum atomic E-state index is 8.08. The van der Waals surface area contributed by atoms with Crippen LogP contribution >= 0.6 is 0 Å². The van der Waals surface area contributed by atoms with Crippen LogP contribution in [0.4, 0.5) is 17.1 Å². The van der Waals surface area contributed by atoms with Crippen LogP contribution in [0, 0.1) is 0 Å². The van der Waals surface area contributed by atoms with Crippen molar-refractivity contribution in [2.75, 3.05) is 23.4 Å². The predicted octanol–water partition coefficient (Wildman–Crippen LogP) is 10.1. The number of anilines is 3. The first-order valence-corrected chi connectivity index (χ1v) is 15.2. The van der Waals surface area contributed by atoms with E-state index >= 15 is 0 Å². The number of benzene rings is 4. The van der Waals surface area contributed by atoms with Crippen LogP contribution < -0.4 is 14.5 Å². The molecule has 0 spiro atoms. The van der Waals surface area contributed by atoms with E-state index < -0.39 is 6.98 Å². The smallest absolute Gasteiger partial charge is 0.137 e. The number of fused-ring (bicyclic) bond motifs is 4. The fourth-order valence-corrected chi connectivity index (χ4v) is 6.25. The molecule has 0 fully saturated rings. The Kier molecular flexibility index (Phi) is 5.69. The second-order valence-corrected chi connectivity index (χ2v) is 13.7. The molecule has 7 rings (SSSR count). The van der Waals surface area contributed by atoms with Crippen molar-refractivity contribution in [3.05, 3.63) is 114 Å². The van der Waals surface area contributed by atoms with Gasteiger partial charge in [0.1, 0.15) is 17.3 Å². The van der Waals surface area contributed by atoms with Gasteiger partial charge in [0.05, 0.1) is 29.1 Å². The second-order valence-electron chi connectivity index (χ2n) is 13.7. The Morgan fingerprint density at radius 1 is 0.727 bits per heavy atom. The maximum Gasteiger partial charge on any atom is 0.137 e. The van der Waals surface area contributed by atoms with Gasteiger partial charge in [-0.3, -0.25) is 4.57 Å². The Bertz CT molecular complexity index is 2140. The summed E-state index contributed by atoms with van der Waals surface area (Å²) in [5.41, 5.74) is 6.92. The van der Waals surface area contributed by atoms with Crippen LogP contribution in [-0.2, 0) is 10.8 Å². The fourth-order valence-electron chi connectivity index (χ4n) is 6.25. The molecule has 0 N–H and O–H groups in total. The number of nitrogens with zero attached hydrogens (tertiary/aromatic N) is 4. The molecule has 0 aliphatic carbocycles. The Balaban J connectivity index is 1.33. The highest BCUT2D eigenvalue weighted by molar-refractivity contribution is 6.10. The van der Waals surface area contributed by atoms with Crippen molar-refractivity contribution in [1.82, 2.24) is 9.55 Å². The Morgan fingerprint density at radius 2 is 1.50 bits per heavy atom. The molecule has 5 nitrogen and oxygen atoms in total. The molecule has 1 aliphatic heterocycles. The van der Waals surface area contributed by atoms with Crippen molar-refractivity contribution in [3.8, 4) is 17.3 Å². The number of hydrogen-bond donors (Lipinski definition) is 0. The van der Waals surface area contributed by atoms with E-state index in [2.05, 4.69) is 88.6 Å². The third-order valence-corrected chi connectivity index (χ3v) is 8.52. The third kappa shape index (κ3) is 4.77. The van der Waals surface area contributed by atoms with E-state index in [1.54, 1.807) is 0 Å². The van der Waals surface area contributed by atoms with Crippen molar-refractivity contribution in [2.24, 2.45) is 0 Å². The summed E-state index contributed by atoms with van der Waals surface area (Å²) >= 11 is 0. The van der Waals surface area contributed by atoms with E-state index in [4.69, 9.17) is 13.8 Å². The lowest BCUT2D eigenvalue weighted by atomic mass is 9.85. The molecule has 0 radical (unpaired) electrons. The largest absolute Gasteiger partial charge is 0.457 e. The van der Waals surface area contributed by atoms with E-state index in [9.17, 15) is 0 Å². The summed E-state index contributed by atoms with van der Waals surface area (Å²) in [6.07, 6.45) is 1.91. The van der Waals surface area contributed by atoms with Gasteiger partial charge in [0.15, 0.2) is 0 Å². The van der Waals surface area contributed by atoms with E-state index in [1.807, 2.05) is 65.7 Å². The molecular weight excluding hydrogens is 540 g/mol. The molecule has 6 aromatic rings. The summed E-state index contributed by atoms with van der Waals surface area (Å²) in [6.45, 7) is 11.4. The van der Waals surface area contributed by atoms with Crippen molar-refractivity contribution in [3.63, 3.8) is 0 Å². The first-order chi connectivity index (χ1) is 22.2. The normalized spacial score (nSPS) is 14.9. The number of pyridine rings is 1. The molecule has 0 unspecified atom stereocenters. The molecule has 0 saturated carbocycles. The number of aromatic nitrogens is 2. The average Bonchev–Trinajstić information content (AvgIpc) is 3.57. The molecule has 5 heteroatoms. The SMILES string of the molecule is [2H]C([2H])([2H])N1CN(c2cccc(Oc3ccc4c5cccc(C(C)(C)C)c5n(-c5cc(C(C)(C)C)ccn5)c4c3)c2)c2ccccc21. The first-order valence-electron chi connectivity index (χ1n) is 16.7. The molecular formula is C39H40N4O. The molecule has 0 bridgehead atoms. The number of ether oxygens (including phenoxy) is 1. The monoisotopic (exact) mass is 583 g/mol. The molecule has 222 valence electrons. The van der Waals surface area contributed by atoms with Gasteiger partial charge < -0.3 is 14.5 Å². The Hall–Kier alpha value is -4.77. The van der Waals surface area contributed by atoms with Gasteiger partial charge in [-0.05, 0) is 70.5 Å². The molecule has 1 aliphatic rings. The average molecular weight is 584 g/mol. The lowest BCUT2D eigenvalue weighted by molar-refractivity contribution is 0.483. The lowest BCUT2D eigenvalue weighted by Crippen LogP contribution is -2.23. The molecule has 2 aromatic heterocycles.